The quantitative estimate of drug-likeness (QED) is 0.896. The van der Waals surface area contributed by atoms with E-state index in [1.54, 1.807) is 11.3 Å². The van der Waals surface area contributed by atoms with E-state index >= 15 is 0 Å². The summed E-state index contributed by atoms with van der Waals surface area (Å²) in [6.45, 7) is 1.79. The SMILES string of the molecule is O=C(Nc1nc2ccccc2s1)[C@@]12CCCC[C@H]1CNC2. The highest BCUT2D eigenvalue weighted by Gasteiger charge is 2.49. The molecule has 2 heterocycles. The summed E-state index contributed by atoms with van der Waals surface area (Å²) in [4.78, 5) is 17.4. The van der Waals surface area contributed by atoms with Crippen molar-refractivity contribution in [2.75, 3.05) is 18.4 Å². The molecule has 0 bridgehead atoms. The second kappa shape index (κ2) is 5.07. The lowest BCUT2D eigenvalue weighted by atomic mass is 9.68. The van der Waals surface area contributed by atoms with Crippen LogP contribution in [0, 0.1) is 11.3 Å². The number of nitrogens with one attached hydrogen (secondary N) is 2. The molecule has 0 radical (unpaired) electrons. The van der Waals surface area contributed by atoms with Crippen molar-refractivity contribution in [2.24, 2.45) is 11.3 Å². The van der Waals surface area contributed by atoms with Gasteiger partial charge in [0, 0.05) is 6.54 Å². The van der Waals surface area contributed by atoms with Crippen LogP contribution in [0.4, 0.5) is 5.13 Å². The van der Waals surface area contributed by atoms with Gasteiger partial charge in [0.05, 0.1) is 15.6 Å². The Bertz CT molecular complexity index is 650. The van der Waals surface area contributed by atoms with Gasteiger partial charge in [-0.2, -0.15) is 0 Å². The highest BCUT2D eigenvalue weighted by Crippen LogP contribution is 2.44. The second-order valence-electron chi connectivity index (χ2n) is 6.17. The number of hydrogen-bond donors (Lipinski definition) is 2. The van der Waals surface area contributed by atoms with Crippen LogP contribution in [0.25, 0.3) is 10.2 Å². The first kappa shape index (κ1) is 13.2. The topological polar surface area (TPSA) is 54.0 Å². The summed E-state index contributed by atoms with van der Waals surface area (Å²) in [7, 11) is 0. The second-order valence-corrected chi connectivity index (χ2v) is 7.20. The number of nitrogens with zero attached hydrogens (tertiary/aromatic N) is 1. The molecule has 21 heavy (non-hydrogen) atoms. The number of benzene rings is 1. The standard InChI is InChI=1S/C16H19N3OS/c20-14(16-8-4-3-5-11(16)9-17-10-16)19-15-18-12-6-1-2-7-13(12)21-15/h1-2,6-7,11,17H,3-5,8-10H2,(H,18,19,20)/t11-,16+/m0/s1. The number of rotatable bonds is 2. The van der Waals surface area contributed by atoms with E-state index in [0.717, 1.165) is 41.3 Å². The van der Waals surface area contributed by atoms with Crippen LogP contribution >= 0.6 is 11.3 Å². The van der Waals surface area contributed by atoms with Crippen LogP contribution < -0.4 is 10.6 Å². The number of thiazole rings is 1. The monoisotopic (exact) mass is 301 g/mol. The van der Waals surface area contributed by atoms with E-state index in [1.807, 2.05) is 24.3 Å². The fourth-order valence-corrected chi connectivity index (χ4v) is 4.70. The summed E-state index contributed by atoms with van der Waals surface area (Å²) < 4.78 is 1.12. The molecule has 4 rings (SSSR count). The number of para-hydroxylation sites is 1. The molecule has 5 heteroatoms. The first-order valence-electron chi connectivity index (χ1n) is 7.66. The van der Waals surface area contributed by atoms with Crippen molar-refractivity contribution < 1.29 is 4.79 Å². The number of hydrogen-bond acceptors (Lipinski definition) is 4. The minimum Gasteiger partial charge on any atom is -0.315 e. The van der Waals surface area contributed by atoms with Crippen LogP contribution in [0.2, 0.25) is 0 Å². The van der Waals surface area contributed by atoms with Crippen LogP contribution in [0.15, 0.2) is 24.3 Å². The van der Waals surface area contributed by atoms with Gasteiger partial charge in [-0.3, -0.25) is 4.79 Å². The van der Waals surface area contributed by atoms with Gasteiger partial charge in [-0.25, -0.2) is 4.98 Å². The van der Waals surface area contributed by atoms with Gasteiger partial charge in [0.15, 0.2) is 5.13 Å². The molecule has 2 atom stereocenters. The van der Waals surface area contributed by atoms with Crippen LogP contribution in [-0.4, -0.2) is 24.0 Å². The number of anilines is 1. The zero-order chi connectivity index (χ0) is 14.3. The average molecular weight is 301 g/mol. The predicted octanol–water partition coefficient (Wildman–Crippen LogP) is 3.01. The number of carbonyl (C=O) groups is 1. The fraction of sp³-hybridized carbons (Fsp3) is 0.500. The summed E-state index contributed by atoms with van der Waals surface area (Å²) in [6.07, 6.45) is 4.58. The van der Waals surface area contributed by atoms with Gasteiger partial charge in [0.1, 0.15) is 0 Å². The van der Waals surface area contributed by atoms with Gasteiger partial charge >= 0.3 is 0 Å². The zero-order valence-corrected chi connectivity index (χ0v) is 12.7. The number of amides is 1. The van der Waals surface area contributed by atoms with Crippen molar-refractivity contribution in [1.29, 1.82) is 0 Å². The first-order chi connectivity index (χ1) is 10.3. The Balaban J connectivity index is 1.59. The molecule has 110 valence electrons. The molecule has 0 unspecified atom stereocenters. The Kier molecular flexibility index (Phi) is 3.19. The van der Waals surface area contributed by atoms with Crippen molar-refractivity contribution in [3.8, 4) is 0 Å². The Morgan fingerprint density at radius 3 is 3.19 bits per heavy atom. The van der Waals surface area contributed by atoms with Gasteiger partial charge in [-0.1, -0.05) is 36.3 Å². The van der Waals surface area contributed by atoms with Gasteiger partial charge in [0.25, 0.3) is 0 Å². The first-order valence-corrected chi connectivity index (χ1v) is 8.47. The Hall–Kier alpha value is -1.46. The molecule has 2 N–H and O–H groups in total. The van der Waals surface area contributed by atoms with E-state index in [9.17, 15) is 4.79 Å². The predicted molar refractivity (Wildman–Crippen MR) is 85.5 cm³/mol. The van der Waals surface area contributed by atoms with E-state index < -0.39 is 0 Å². The molecule has 1 aromatic heterocycles. The van der Waals surface area contributed by atoms with E-state index in [1.165, 1.54) is 12.8 Å². The molecule has 1 saturated heterocycles. The molecule has 1 saturated carbocycles. The van der Waals surface area contributed by atoms with Crippen LogP contribution in [-0.2, 0) is 4.79 Å². The van der Waals surface area contributed by atoms with Gasteiger partial charge in [0.2, 0.25) is 5.91 Å². The summed E-state index contributed by atoms with van der Waals surface area (Å²) in [5, 5.41) is 7.24. The third-order valence-electron chi connectivity index (χ3n) is 5.00. The van der Waals surface area contributed by atoms with Crippen molar-refractivity contribution >= 4 is 32.6 Å². The van der Waals surface area contributed by atoms with Gasteiger partial charge in [-0.05, 0) is 37.4 Å². The molecule has 1 aliphatic heterocycles. The smallest absolute Gasteiger partial charge is 0.233 e. The third kappa shape index (κ3) is 2.15. The average Bonchev–Trinajstić information content (AvgIpc) is 3.10. The lowest BCUT2D eigenvalue weighted by molar-refractivity contribution is -0.128. The Morgan fingerprint density at radius 2 is 2.29 bits per heavy atom. The van der Waals surface area contributed by atoms with Crippen LogP contribution in [0.1, 0.15) is 25.7 Å². The number of carbonyl (C=O) groups excluding carboxylic acids is 1. The molecule has 0 spiro atoms. The molecule has 2 fully saturated rings. The highest BCUT2D eigenvalue weighted by atomic mass is 32.1. The lowest BCUT2D eigenvalue weighted by Gasteiger charge is -2.36. The summed E-state index contributed by atoms with van der Waals surface area (Å²) >= 11 is 1.56. The van der Waals surface area contributed by atoms with Crippen LogP contribution in [0.3, 0.4) is 0 Å². The summed E-state index contributed by atoms with van der Waals surface area (Å²) in [6, 6.07) is 8.01. The van der Waals surface area contributed by atoms with Gasteiger partial charge in [-0.15, -0.1) is 0 Å². The zero-order valence-electron chi connectivity index (χ0n) is 11.9. The molecule has 2 aromatic rings. The largest absolute Gasteiger partial charge is 0.315 e. The molecule has 1 aromatic carbocycles. The normalized spacial score (nSPS) is 28.5. The molecular formula is C16H19N3OS. The molecule has 1 aliphatic carbocycles. The lowest BCUT2D eigenvalue weighted by Crippen LogP contribution is -2.44. The maximum atomic E-state index is 12.9. The molecule has 1 amide bonds. The Morgan fingerprint density at radius 1 is 1.38 bits per heavy atom. The minimum atomic E-state index is -0.212. The van der Waals surface area contributed by atoms with Gasteiger partial charge < -0.3 is 10.6 Å². The minimum absolute atomic E-state index is 0.163. The molecular weight excluding hydrogens is 282 g/mol. The highest BCUT2D eigenvalue weighted by molar-refractivity contribution is 7.22. The van der Waals surface area contributed by atoms with Crippen molar-refractivity contribution in [2.45, 2.75) is 25.7 Å². The summed E-state index contributed by atoms with van der Waals surface area (Å²) in [5.74, 6) is 0.650. The van der Waals surface area contributed by atoms with Crippen molar-refractivity contribution in [3.63, 3.8) is 0 Å². The number of fused-ring (bicyclic) bond motifs is 2. The fourth-order valence-electron chi connectivity index (χ4n) is 3.84. The van der Waals surface area contributed by atoms with Crippen molar-refractivity contribution in [3.05, 3.63) is 24.3 Å². The Labute approximate surface area is 128 Å². The molecule has 4 nitrogen and oxygen atoms in total. The maximum absolute atomic E-state index is 12.9. The van der Waals surface area contributed by atoms with E-state index in [2.05, 4.69) is 15.6 Å². The summed E-state index contributed by atoms with van der Waals surface area (Å²) in [5.41, 5.74) is 0.746. The van der Waals surface area contributed by atoms with Crippen molar-refractivity contribution in [1.82, 2.24) is 10.3 Å². The van der Waals surface area contributed by atoms with Crippen LogP contribution in [0.5, 0.6) is 0 Å². The maximum Gasteiger partial charge on any atom is 0.233 e. The van der Waals surface area contributed by atoms with E-state index in [0.29, 0.717) is 5.92 Å². The molecule has 2 aliphatic rings. The third-order valence-corrected chi connectivity index (χ3v) is 5.96. The number of aromatic nitrogens is 1. The van der Waals surface area contributed by atoms with E-state index in [4.69, 9.17) is 0 Å². The van der Waals surface area contributed by atoms with E-state index in [-0.39, 0.29) is 11.3 Å².